The van der Waals surface area contributed by atoms with Crippen molar-refractivity contribution < 1.29 is 24.2 Å². The summed E-state index contributed by atoms with van der Waals surface area (Å²) >= 11 is 0. The van der Waals surface area contributed by atoms with E-state index in [9.17, 15) is 14.7 Å². The quantitative estimate of drug-likeness (QED) is 0.590. The average Bonchev–Trinajstić information content (AvgIpc) is 2.14. The molecule has 0 heterocycles. The molecule has 0 spiro atoms. The van der Waals surface area contributed by atoms with Gasteiger partial charge in [0.25, 0.3) is 0 Å². The number of hydrogen-bond acceptors (Lipinski definition) is 5. The van der Waals surface area contributed by atoms with E-state index >= 15 is 0 Å². The zero-order valence-corrected chi connectivity index (χ0v) is 11.9. The fourth-order valence-electron chi connectivity index (χ4n) is 1.13. The Morgan fingerprint density at radius 3 is 2.11 bits per heavy atom. The van der Waals surface area contributed by atoms with E-state index in [0.717, 1.165) is 0 Å². The normalized spacial score (nSPS) is 14.9. The minimum absolute atomic E-state index is 0.115. The number of nitrogens with one attached hydrogen (secondary N) is 1. The topological polar surface area (TPSA) is 84.9 Å². The van der Waals surface area contributed by atoms with Crippen molar-refractivity contribution in [3.8, 4) is 0 Å². The molecule has 0 bridgehead atoms. The molecular weight excluding hydrogens is 238 g/mol. The van der Waals surface area contributed by atoms with Gasteiger partial charge < -0.3 is 14.6 Å². The van der Waals surface area contributed by atoms with Crippen LogP contribution in [0.4, 0.5) is 4.79 Å². The second kappa shape index (κ2) is 6.04. The lowest BCUT2D eigenvalue weighted by atomic mass is 10.00. The Labute approximate surface area is 108 Å². The predicted molar refractivity (Wildman–Crippen MR) is 65.8 cm³/mol. The van der Waals surface area contributed by atoms with Gasteiger partial charge in [0.05, 0.1) is 6.61 Å². The van der Waals surface area contributed by atoms with Crippen LogP contribution in [0.1, 0.15) is 41.5 Å². The number of amides is 1. The maximum absolute atomic E-state index is 11.7. The van der Waals surface area contributed by atoms with Crippen molar-refractivity contribution in [3.63, 3.8) is 0 Å². The summed E-state index contributed by atoms with van der Waals surface area (Å²) in [6, 6.07) is 0. The van der Waals surface area contributed by atoms with Crippen LogP contribution in [0.2, 0.25) is 0 Å². The van der Waals surface area contributed by atoms with Gasteiger partial charge in [-0.05, 0) is 27.7 Å². The largest absolute Gasteiger partial charge is 0.462 e. The summed E-state index contributed by atoms with van der Waals surface area (Å²) in [5.41, 5.74) is -2.80. The summed E-state index contributed by atoms with van der Waals surface area (Å²) in [5, 5.41) is 12.3. The van der Waals surface area contributed by atoms with Gasteiger partial charge in [-0.2, -0.15) is 0 Å². The van der Waals surface area contributed by atoms with Crippen LogP contribution < -0.4 is 5.32 Å². The van der Waals surface area contributed by atoms with Gasteiger partial charge in [0.2, 0.25) is 5.72 Å². The third-order valence-electron chi connectivity index (χ3n) is 2.11. The van der Waals surface area contributed by atoms with E-state index in [-0.39, 0.29) is 6.61 Å². The lowest BCUT2D eigenvalue weighted by Crippen LogP contribution is -2.59. The number of esters is 1. The highest BCUT2D eigenvalue weighted by atomic mass is 16.6. The summed E-state index contributed by atoms with van der Waals surface area (Å²) in [6.07, 6.45) is -0.869. The van der Waals surface area contributed by atoms with Crippen molar-refractivity contribution in [2.75, 3.05) is 6.61 Å². The van der Waals surface area contributed by atoms with Crippen LogP contribution in [0.3, 0.4) is 0 Å². The van der Waals surface area contributed by atoms with E-state index in [0.29, 0.717) is 0 Å². The monoisotopic (exact) mass is 261 g/mol. The molecule has 0 aliphatic carbocycles. The van der Waals surface area contributed by atoms with Gasteiger partial charge in [0.1, 0.15) is 5.60 Å². The van der Waals surface area contributed by atoms with E-state index in [1.165, 1.54) is 0 Å². The lowest BCUT2D eigenvalue weighted by Gasteiger charge is -2.31. The molecule has 0 aliphatic rings. The zero-order chi connectivity index (χ0) is 14.6. The molecule has 0 unspecified atom stereocenters. The van der Waals surface area contributed by atoms with Crippen LogP contribution in [-0.4, -0.2) is 35.1 Å². The number of hydrogen-bond donors (Lipinski definition) is 2. The highest BCUT2D eigenvalue weighted by Gasteiger charge is 2.43. The Hall–Kier alpha value is -1.30. The van der Waals surface area contributed by atoms with Crippen molar-refractivity contribution in [1.29, 1.82) is 0 Å². The Kier molecular flexibility index (Phi) is 5.60. The first-order valence-electron chi connectivity index (χ1n) is 5.93. The molecule has 0 fully saturated rings. The first-order valence-corrected chi connectivity index (χ1v) is 5.93. The Morgan fingerprint density at radius 1 is 1.28 bits per heavy atom. The first kappa shape index (κ1) is 16.7. The lowest BCUT2D eigenvalue weighted by molar-refractivity contribution is -0.174. The summed E-state index contributed by atoms with van der Waals surface area (Å²) in [7, 11) is 0. The first-order chi connectivity index (χ1) is 8.03. The van der Waals surface area contributed by atoms with E-state index in [1.807, 2.05) is 0 Å². The second-order valence-corrected chi connectivity index (χ2v) is 5.27. The zero-order valence-electron chi connectivity index (χ0n) is 11.9. The van der Waals surface area contributed by atoms with Gasteiger partial charge in [-0.3, -0.25) is 5.32 Å². The van der Waals surface area contributed by atoms with Crippen molar-refractivity contribution in [2.24, 2.45) is 5.92 Å². The van der Waals surface area contributed by atoms with Gasteiger partial charge >= 0.3 is 12.1 Å². The number of alkyl carbamates (subject to hydrolysis) is 1. The molecule has 1 amide bonds. The maximum Gasteiger partial charge on any atom is 0.410 e. The number of carbonyl (C=O) groups excluding carboxylic acids is 2. The van der Waals surface area contributed by atoms with Crippen LogP contribution >= 0.6 is 0 Å². The van der Waals surface area contributed by atoms with Crippen LogP contribution in [0.5, 0.6) is 0 Å². The van der Waals surface area contributed by atoms with E-state index in [2.05, 4.69) is 5.32 Å². The molecule has 0 aliphatic heterocycles. The van der Waals surface area contributed by atoms with E-state index < -0.39 is 29.3 Å². The fourth-order valence-corrected chi connectivity index (χ4v) is 1.13. The Morgan fingerprint density at radius 2 is 1.78 bits per heavy atom. The van der Waals surface area contributed by atoms with Crippen LogP contribution in [0.25, 0.3) is 0 Å². The number of aliphatic hydroxyl groups is 1. The van der Waals surface area contributed by atoms with Gasteiger partial charge in [0, 0.05) is 5.92 Å². The van der Waals surface area contributed by atoms with Crippen molar-refractivity contribution in [1.82, 2.24) is 5.32 Å². The van der Waals surface area contributed by atoms with E-state index in [4.69, 9.17) is 9.47 Å². The molecule has 0 saturated carbocycles. The average molecular weight is 261 g/mol. The van der Waals surface area contributed by atoms with Crippen molar-refractivity contribution in [2.45, 2.75) is 52.9 Å². The molecule has 6 heteroatoms. The fraction of sp³-hybridized carbons (Fsp3) is 0.833. The van der Waals surface area contributed by atoms with Gasteiger partial charge in [-0.15, -0.1) is 0 Å². The SMILES string of the molecule is CCOC(=O)[C@](O)(NC(=O)OC(C)(C)C)C(C)C. The molecule has 18 heavy (non-hydrogen) atoms. The molecule has 0 rings (SSSR count). The van der Waals surface area contributed by atoms with E-state index in [1.54, 1.807) is 41.5 Å². The van der Waals surface area contributed by atoms with Crippen LogP contribution in [0, 0.1) is 5.92 Å². The molecule has 106 valence electrons. The second-order valence-electron chi connectivity index (χ2n) is 5.27. The van der Waals surface area contributed by atoms with Crippen molar-refractivity contribution >= 4 is 12.1 Å². The van der Waals surface area contributed by atoms with Gasteiger partial charge in [-0.25, -0.2) is 9.59 Å². The number of ether oxygens (including phenoxy) is 2. The molecule has 6 nitrogen and oxygen atoms in total. The third kappa shape index (κ3) is 4.91. The van der Waals surface area contributed by atoms with Gasteiger partial charge in [-0.1, -0.05) is 13.8 Å². The summed E-state index contributed by atoms with van der Waals surface area (Å²) in [5.74, 6) is -1.45. The summed E-state index contributed by atoms with van der Waals surface area (Å²) in [6.45, 7) is 9.97. The van der Waals surface area contributed by atoms with Crippen molar-refractivity contribution in [3.05, 3.63) is 0 Å². The summed E-state index contributed by atoms with van der Waals surface area (Å²) in [4.78, 5) is 23.3. The maximum atomic E-state index is 11.7. The molecular formula is C12H23NO5. The third-order valence-corrected chi connectivity index (χ3v) is 2.11. The van der Waals surface area contributed by atoms with Gasteiger partial charge in [0.15, 0.2) is 0 Å². The molecule has 0 saturated heterocycles. The molecule has 0 aromatic rings. The molecule has 0 aromatic carbocycles. The highest BCUT2D eigenvalue weighted by molar-refractivity contribution is 5.84. The van der Waals surface area contributed by atoms with Crippen LogP contribution in [0.15, 0.2) is 0 Å². The smallest absolute Gasteiger partial charge is 0.410 e. The molecule has 2 N–H and O–H groups in total. The number of carbonyl (C=O) groups is 2. The molecule has 1 atom stereocenters. The molecule has 0 aromatic heterocycles. The minimum Gasteiger partial charge on any atom is -0.462 e. The van der Waals surface area contributed by atoms with Crippen LogP contribution in [-0.2, 0) is 14.3 Å². The number of rotatable bonds is 4. The standard InChI is InChI=1S/C12H23NO5/c1-7-17-9(14)12(16,8(2)3)13-10(15)18-11(4,5)6/h8,16H,7H2,1-6H3,(H,13,15)/t12-/m0/s1. The minimum atomic E-state index is -2.08. The Bertz CT molecular complexity index is 308. The predicted octanol–water partition coefficient (Wildman–Crippen LogP) is 1.42. The highest BCUT2D eigenvalue weighted by Crippen LogP contribution is 2.17. The Balaban J connectivity index is 4.83. The summed E-state index contributed by atoms with van der Waals surface area (Å²) < 4.78 is 9.73. The molecule has 0 radical (unpaired) electrons.